The monoisotopic (exact) mass is 420 g/mol. The van der Waals surface area contributed by atoms with E-state index in [1.54, 1.807) is 43.1 Å². The molecular formula is C19H21BrN2O4. The van der Waals surface area contributed by atoms with Crippen LogP contribution in [0.25, 0.3) is 0 Å². The molecule has 2 rings (SSSR count). The highest BCUT2D eigenvalue weighted by Crippen LogP contribution is 2.24. The van der Waals surface area contributed by atoms with Gasteiger partial charge in [0.15, 0.2) is 0 Å². The molecule has 0 saturated carbocycles. The van der Waals surface area contributed by atoms with Gasteiger partial charge in [-0.1, -0.05) is 15.9 Å². The van der Waals surface area contributed by atoms with E-state index in [0.717, 1.165) is 10.2 Å². The van der Waals surface area contributed by atoms with Gasteiger partial charge in [0.1, 0.15) is 11.5 Å². The molecule has 0 aliphatic heterocycles. The van der Waals surface area contributed by atoms with Crippen LogP contribution in [0.4, 0.5) is 5.69 Å². The standard InChI is InChI=1S/C19H21BrN2O4/c1-3-25-19(24)13-22(2)12-18(23)21-15-6-10-17(11-7-15)26-16-8-4-14(20)5-9-16/h4-11H,3,12-13H2,1-2H3,(H,21,23). The number of rotatable bonds is 8. The van der Waals surface area contributed by atoms with Gasteiger partial charge in [0.25, 0.3) is 0 Å². The SMILES string of the molecule is CCOC(=O)CN(C)CC(=O)Nc1ccc(Oc2ccc(Br)cc2)cc1. The lowest BCUT2D eigenvalue weighted by molar-refractivity contribution is -0.144. The van der Waals surface area contributed by atoms with Crippen LogP contribution in [0, 0.1) is 0 Å². The van der Waals surface area contributed by atoms with Crippen molar-refractivity contribution in [1.82, 2.24) is 4.90 Å². The fourth-order valence-electron chi connectivity index (χ4n) is 2.17. The third-order valence-corrected chi connectivity index (χ3v) is 3.83. The summed E-state index contributed by atoms with van der Waals surface area (Å²) in [5, 5.41) is 2.78. The Morgan fingerprint density at radius 2 is 1.58 bits per heavy atom. The first-order valence-electron chi connectivity index (χ1n) is 8.13. The lowest BCUT2D eigenvalue weighted by Crippen LogP contribution is -2.34. The quantitative estimate of drug-likeness (QED) is 0.659. The average Bonchev–Trinajstić information content (AvgIpc) is 2.58. The number of ether oxygens (including phenoxy) is 2. The highest BCUT2D eigenvalue weighted by atomic mass is 79.9. The summed E-state index contributed by atoms with van der Waals surface area (Å²) in [6.07, 6.45) is 0. The van der Waals surface area contributed by atoms with Crippen molar-refractivity contribution in [3.63, 3.8) is 0 Å². The number of carbonyl (C=O) groups is 2. The first kappa shape index (κ1) is 19.9. The van der Waals surface area contributed by atoms with Crippen LogP contribution in [0.3, 0.4) is 0 Å². The first-order chi connectivity index (χ1) is 12.5. The number of hydrogen-bond acceptors (Lipinski definition) is 5. The smallest absolute Gasteiger partial charge is 0.320 e. The molecule has 0 aromatic heterocycles. The summed E-state index contributed by atoms with van der Waals surface area (Å²) in [6.45, 7) is 2.24. The molecule has 2 aromatic carbocycles. The molecule has 0 saturated heterocycles. The van der Waals surface area contributed by atoms with Gasteiger partial charge in [0.05, 0.1) is 19.7 Å². The Morgan fingerprint density at radius 1 is 1.00 bits per heavy atom. The van der Waals surface area contributed by atoms with E-state index in [9.17, 15) is 9.59 Å². The zero-order valence-corrected chi connectivity index (χ0v) is 16.3. The maximum atomic E-state index is 12.0. The highest BCUT2D eigenvalue weighted by Gasteiger charge is 2.11. The van der Waals surface area contributed by atoms with Crippen molar-refractivity contribution in [3.05, 3.63) is 53.0 Å². The summed E-state index contributed by atoms with van der Waals surface area (Å²) in [6, 6.07) is 14.6. The first-order valence-corrected chi connectivity index (χ1v) is 8.93. The highest BCUT2D eigenvalue weighted by molar-refractivity contribution is 9.10. The second-order valence-corrected chi connectivity index (χ2v) is 6.52. The van der Waals surface area contributed by atoms with Crippen molar-refractivity contribution in [1.29, 1.82) is 0 Å². The second kappa shape index (κ2) is 9.94. The molecule has 0 heterocycles. The summed E-state index contributed by atoms with van der Waals surface area (Å²) in [5.74, 6) is 0.839. The molecule has 2 aromatic rings. The minimum Gasteiger partial charge on any atom is -0.465 e. The molecule has 0 atom stereocenters. The number of nitrogens with one attached hydrogen (secondary N) is 1. The summed E-state index contributed by atoms with van der Waals surface area (Å²) in [4.78, 5) is 25.0. The minimum atomic E-state index is -0.350. The fourth-order valence-corrected chi connectivity index (χ4v) is 2.44. The van der Waals surface area contributed by atoms with Crippen molar-refractivity contribution >= 4 is 33.5 Å². The molecule has 0 radical (unpaired) electrons. The number of nitrogens with zero attached hydrogens (tertiary/aromatic N) is 1. The van der Waals surface area contributed by atoms with Crippen LogP contribution in [0.2, 0.25) is 0 Å². The number of halogens is 1. The van der Waals surface area contributed by atoms with Crippen LogP contribution in [0.1, 0.15) is 6.92 Å². The van der Waals surface area contributed by atoms with Crippen LogP contribution >= 0.6 is 15.9 Å². The molecule has 26 heavy (non-hydrogen) atoms. The van der Waals surface area contributed by atoms with Gasteiger partial charge < -0.3 is 14.8 Å². The lowest BCUT2D eigenvalue weighted by Gasteiger charge is -2.15. The summed E-state index contributed by atoms with van der Waals surface area (Å²) < 4.78 is 11.6. The van der Waals surface area contributed by atoms with Crippen molar-refractivity contribution in [2.24, 2.45) is 0 Å². The van der Waals surface area contributed by atoms with Crippen molar-refractivity contribution < 1.29 is 19.1 Å². The van der Waals surface area contributed by atoms with Crippen LogP contribution in [-0.2, 0) is 14.3 Å². The molecule has 138 valence electrons. The van der Waals surface area contributed by atoms with Gasteiger partial charge in [0.2, 0.25) is 5.91 Å². The molecule has 1 amide bonds. The molecule has 0 aliphatic rings. The van der Waals surface area contributed by atoms with Gasteiger partial charge in [-0.15, -0.1) is 0 Å². The predicted octanol–water partition coefficient (Wildman–Crippen LogP) is 3.67. The van der Waals surface area contributed by atoms with Crippen LogP contribution in [0.5, 0.6) is 11.5 Å². The van der Waals surface area contributed by atoms with Crippen LogP contribution in [-0.4, -0.2) is 43.5 Å². The Bertz CT molecular complexity index is 732. The maximum absolute atomic E-state index is 12.0. The maximum Gasteiger partial charge on any atom is 0.320 e. The van der Waals surface area contributed by atoms with E-state index in [0.29, 0.717) is 18.0 Å². The second-order valence-electron chi connectivity index (χ2n) is 5.61. The number of hydrogen-bond donors (Lipinski definition) is 1. The molecule has 0 bridgehead atoms. The van der Waals surface area contributed by atoms with E-state index in [2.05, 4.69) is 21.2 Å². The molecular weight excluding hydrogens is 400 g/mol. The number of esters is 1. The molecule has 1 N–H and O–H groups in total. The van der Waals surface area contributed by atoms with Gasteiger partial charge >= 0.3 is 5.97 Å². The molecule has 0 aliphatic carbocycles. The van der Waals surface area contributed by atoms with Crippen LogP contribution < -0.4 is 10.1 Å². The van der Waals surface area contributed by atoms with Gasteiger partial charge in [-0.2, -0.15) is 0 Å². The van der Waals surface area contributed by atoms with E-state index in [1.165, 1.54) is 0 Å². The average molecular weight is 421 g/mol. The third kappa shape index (κ3) is 6.85. The molecule has 0 unspecified atom stereocenters. The Labute approximate surface area is 161 Å². The Hall–Kier alpha value is -2.38. The van der Waals surface area contributed by atoms with E-state index in [-0.39, 0.29) is 25.0 Å². The number of benzene rings is 2. The van der Waals surface area contributed by atoms with E-state index in [1.807, 2.05) is 24.3 Å². The zero-order valence-electron chi connectivity index (χ0n) is 14.7. The lowest BCUT2D eigenvalue weighted by atomic mass is 10.3. The largest absolute Gasteiger partial charge is 0.465 e. The molecule has 7 heteroatoms. The van der Waals surface area contributed by atoms with Gasteiger partial charge in [0, 0.05) is 10.2 Å². The number of carbonyl (C=O) groups excluding carboxylic acids is 2. The van der Waals surface area contributed by atoms with Gasteiger partial charge in [-0.3, -0.25) is 14.5 Å². The fraction of sp³-hybridized carbons (Fsp3) is 0.263. The Balaban J connectivity index is 1.83. The minimum absolute atomic E-state index is 0.0707. The Morgan fingerprint density at radius 3 is 2.15 bits per heavy atom. The molecule has 0 fully saturated rings. The van der Waals surface area contributed by atoms with Gasteiger partial charge in [-0.25, -0.2) is 0 Å². The van der Waals surface area contributed by atoms with Crippen molar-refractivity contribution in [3.8, 4) is 11.5 Å². The summed E-state index contributed by atoms with van der Waals surface area (Å²) in [5.41, 5.74) is 0.655. The topological polar surface area (TPSA) is 67.9 Å². The number of likely N-dealkylation sites (N-methyl/N-ethyl adjacent to an activating group) is 1. The van der Waals surface area contributed by atoms with Crippen molar-refractivity contribution in [2.75, 3.05) is 32.1 Å². The Kier molecular flexibility index (Phi) is 7.62. The molecule has 0 spiro atoms. The van der Waals surface area contributed by atoms with Crippen LogP contribution in [0.15, 0.2) is 53.0 Å². The van der Waals surface area contributed by atoms with E-state index >= 15 is 0 Å². The predicted molar refractivity (Wildman–Crippen MR) is 103 cm³/mol. The summed E-state index contributed by atoms with van der Waals surface area (Å²) in [7, 11) is 1.69. The normalized spacial score (nSPS) is 10.5. The third-order valence-electron chi connectivity index (χ3n) is 3.31. The summed E-state index contributed by atoms with van der Waals surface area (Å²) >= 11 is 3.38. The molecule has 6 nitrogen and oxygen atoms in total. The van der Waals surface area contributed by atoms with E-state index < -0.39 is 0 Å². The van der Waals surface area contributed by atoms with Gasteiger partial charge in [-0.05, 0) is 62.5 Å². The van der Waals surface area contributed by atoms with Crippen molar-refractivity contribution in [2.45, 2.75) is 6.92 Å². The van der Waals surface area contributed by atoms with E-state index in [4.69, 9.17) is 9.47 Å². The number of anilines is 1. The number of amides is 1. The zero-order chi connectivity index (χ0) is 18.9.